The molecule has 0 amide bonds. The van der Waals surface area contributed by atoms with E-state index in [0.717, 1.165) is 37.5 Å². The van der Waals surface area contributed by atoms with Crippen LogP contribution in [0.25, 0.3) is 0 Å². The van der Waals surface area contributed by atoms with Crippen molar-refractivity contribution in [2.24, 2.45) is 5.92 Å². The molecule has 0 aliphatic carbocycles. The van der Waals surface area contributed by atoms with Crippen LogP contribution in [0, 0.1) is 5.92 Å². The van der Waals surface area contributed by atoms with Crippen LogP contribution in [0.5, 0.6) is 11.5 Å². The quantitative estimate of drug-likeness (QED) is 0.718. The summed E-state index contributed by atoms with van der Waals surface area (Å²) in [7, 11) is 5.12. The van der Waals surface area contributed by atoms with Crippen molar-refractivity contribution < 1.29 is 14.2 Å². The zero-order valence-corrected chi connectivity index (χ0v) is 13.9. The summed E-state index contributed by atoms with van der Waals surface area (Å²) in [6.07, 6.45) is 2.12. The lowest BCUT2D eigenvalue weighted by atomic mass is 9.95. The molecular formula is C17H29NO3. The molecule has 2 unspecified atom stereocenters. The Morgan fingerprint density at radius 1 is 1.14 bits per heavy atom. The summed E-state index contributed by atoms with van der Waals surface area (Å²) in [6.45, 7) is 6.14. The molecule has 0 fully saturated rings. The monoisotopic (exact) mass is 295 g/mol. The van der Waals surface area contributed by atoms with Gasteiger partial charge in [-0.3, -0.25) is 0 Å². The van der Waals surface area contributed by atoms with E-state index in [1.807, 2.05) is 12.1 Å². The van der Waals surface area contributed by atoms with Gasteiger partial charge in [0.25, 0.3) is 0 Å². The zero-order chi connectivity index (χ0) is 15.7. The van der Waals surface area contributed by atoms with Gasteiger partial charge in [-0.1, -0.05) is 19.9 Å². The van der Waals surface area contributed by atoms with Crippen molar-refractivity contribution in [2.75, 3.05) is 34.5 Å². The maximum Gasteiger partial charge on any atom is 0.127 e. The predicted octanol–water partition coefficient (Wildman–Crippen LogP) is 3.42. The van der Waals surface area contributed by atoms with Gasteiger partial charge in [0.1, 0.15) is 11.5 Å². The lowest BCUT2D eigenvalue weighted by Gasteiger charge is -2.24. The van der Waals surface area contributed by atoms with E-state index >= 15 is 0 Å². The molecule has 0 bridgehead atoms. The summed E-state index contributed by atoms with van der Waals surface area (Å²) < 4.78 is 16.1. The van der Waals surface area contributed by atoms with E-state index in [-0.39, 0.29) is 6.04 Å². The second-order valence-electron chi connectivity index (χ2n) is 5.41. The van der Waals surface area contributed by atoms with Crippen molar-refractivity contribution in [3.05, 3.63) is 23.8 Å². The van der Waals surface area contributed by atoms with Crippen LogP contribution in [0.3, 0.4) is 0 Å². The molecule has 1 rings (SSSR count). The highest BCUT2D eigenvalue weighted by Gasteiger charge is 2.19. The predicted molar refractivity (Wildman–Crippen MR) is 86.2 cm³/mol. The molecule has 0 saturated carbocycles. The molecule has 0 radical (unpaired) electrons. The van der Waals surface area contributed by atoms with Crippen molar-refractivity contribution in [3.63, 3.8) is 0 Å². The van der Waals surface area contributed by atoms with Gasteiger partial charge in [0.2, 0.25) is 0 Å². The van der Waals surface area contributed by atoms with Gasteiger partial charge in [-0.25, -0.2) is 0 Å². The first-order valence-corrected chi connectivity index (χ1v) is 7.60. The van der Waals surface area contributed by atoms with Gasteiger partial charge in [0, 0.05) is 31.4 Å². The fraction of sp³-hybridized carbons (Fsp3) is 0.647. The molecule has 0 spiro atoms. The van der Waals surface area contributed by atoms with E-state index in [1.165, 1.54) is 5.56 Å². The van der Waals surface area contributed by atoms with Crippen LogP contribution in [-0.2, 0) is 4.74 Å². The summed E-state index contributed by atoms with van der Waals surface area (Å²) in [6, 6.07) is 6.27. The number of methoxy groups -OCH3 is 3. The van der Waals surface area contributed by atoms with Crippen LogP contribution in [0.15, 0.2) is 18.2 Å². The second kappa shape index (κ2) is 9.64. The van der Waals surface area contributed by atoms with Crippen LogP contribution in [-0.4, -0.2) is 34.5 Å². The Morgan fingerprint density at radius 3 is 2.48 bits per heavy atom. The van der Waals surface area contributed by atoms with Crippen molar-refractivity contribution >= 4 is 0 Å². The SMILES string of the molecule is CCCNC(CC(C)COC)c1ccc(OC)cc1OC. The van der Waals surface area contributed by atoms with Gasteiger partial charge < -0.3 is 19.5 Å². The highest BCUT2D eigenvalue weighted by Crippen LogP contribution is 2.32. The molecular weight excluding hydrogens is 266 g/mol. The largest absolute Gasteiger partial charge is 0.497 e. The summed E-state index contributed by atoms with van der Waals surface area (Å²) in [4.78, 5) is 0. The van der Waals surface area contributed by atoms with Gasteiger partial charge >= 0.3 is 0 Å². The first kappa shape index (κ1) is 17.8. The lowest BCUT2D eigenvalue weighted by molar-refractivity contribution is 0.149. The zero-order valence-electron chi connectivity index (χ0n) is 13.9. The Balaban J connectivity index is 2.95. The van der Waals surface area contributed by atoms with E-state index in [2.05, 4.69) is 25.2 Å². The molecule has 0 saturated heterocycles. The highest BCUT2D eigenvalue weighted by molar-refractivity contribution is 5.42. The molecule has 1 N–H and O–H groups in total. The Morgan fingerprint density at radius 2 is 1.90 bits per heavy atom. The van der Waals surface area contributed by atoms with Gasteiger partial charge in [0.05, 0.1) is 14.2 Å². The number of nitrogens with one attached hydrogen (secondary N) is 1. The smallest absolute Gasteiger partial charge is 0.127 e. The van der Waals surface area contributed by atoms with E-state index in [9.17, 15) is 0 Å². The average Bonchev–Trinajstić information content (AvgIpc) is 2.51. The van der Waals surface area contributed by atoms with Crippen LogP contribution in [0.2, 0.25) is 0 Å². The average molecular weight is 295 g/mol. The van der Waals surface area contributed by atoms with Gasteiger partial charge in [-0.15, -0.1) is 0 Å². The van der Waals surface area contributed by atoms with Crippen LogP contribution < -0.4 is 14.8 Å². The third kappa shape index (κ3) is 5.56. The molecule has 0 aliphatic heterocycles. The molecule has 21 heavy (non-hydrogen) atoms. The number of hydrogen-bond donors (Lipinski definition) is 1. The number of hydrogen-bond acceptors (Lipinski definition) is 4. The highest BCUT2D eigenvalue weighted by atomic mass is 16.5. The van der Waals surface area contributed by atoms with Crippen LogP contribution in [0.4, 0.5) is 0 Å². The molecule has 0 heterocycles. The van der Waals surface area contributed by atoms with Crippen molar-refractivity contribution in [1.82, 2.24) is 5.32 Å². The minimum Gasteiger partial charge on any atom is -0.497 e. The summed E-state index contributed by atoms with van der Waals surface area (Å²) in [5, 5.41) is 3.61. The van der Waals surface area contributed by atoms with E-state index in [1.54, 1.807) is 21.3 Å². The van der Waals surface area contributed by atoms with Crippen molar-refractivity contribution in [2.45, 2.75) is 32.7 Å². The minimum atomic E-state index is 0.260. The van der Waals surface area contributed by atoms with E-state index in [0.29, 0.717) is 5.92 Å². The van der Waals surface area contributed by atoms with Crippen LogP contribution in [0.1, 0.15) is 38.3 Å². The molecule has 1 aromatic rings. The van der Waals surface area contributed by atoms with Crippen molar-refractivity contribution in [1.29, 1.82) is 0 Å². The molecule has 0 aromatic heterocycles. The van der Waals surface area contributed by atoms with Crippen LogP contribution >= 0.6 is 0 Å². The topological polar surface area (TPSA) is 39.7 Å². The fourth-order valence-electron chi connectivity index (χ4n) is 2.50. The molecule has 4 nitrogen and oxygen atoms in total. The second-order valence-corrected chi connectivity index (χ2v) is 5.41. The Hall–Kier alpha value is -1.26. The van der Waals surface area contributed by atoms with E-state index in [4.69, 9.17) is 14.2 Å². The van der Waals surface area contributed by atoms with Gasteiger partial charge in [-0.2, -0.15) is 0 Å². The first-order valence-electron chi connectivity index (χ1n) is 7.60. The Bertz CT molecular complexity index is 409. The standard InChI is InChI=1S/C17H29NO3/c1-6-9-18-16(10-13(2)12-19-3)15-8-7-14(20-4)11-17(15)21-5/h7-8,11,13,16,18H,6,9-10,12H2,1-5H3. The number of benzene rings is 1. The summed E-state index contributed by atoms with van der Waals surface area (Å²) in [5.74, 6) is 2.17. The van der Waals surface area contributed by atoms with Gasteiger partial charge in [0.15, 0.2) is 0 Å². The summed E-state index contributed by atoms with van der Waals surface area (Å²) >= 11 is 0. The molecule has 0 aliphatic rings. The molecule has 1 aromatic carbocycles. The summed E-state index contributed by atoms with van der Waals surface area (Å²) in [5.41, 5.74) is 1.18. The first-order chi connectivity index (χ1) is 10.2. The third-order valence-electron chi connectivity index (χ3n) is 3.55. The molecule has 4 heteroatoms. The number of ether oxygens (including phenoxy) is 3. The molecule has 2 atom stereocenters. The maximum absolute atomic E-state index is 5.54. The lowest BCUT2D eigenvalue weighted by Crippen LogP contribution is -2.25. The molecule has 120 valence electrons. The third-order valence-corrected chi connectivity index (χ3v) is 3.55. The minimum absolute atomic E-state index is 0.260. The maximum atomic E-state index is 5.54. The normalized spacial score (nSPS) is 13.8. The van der Waals surface area contributed by atoms with Gasteiger partial charge in [-0.05, 0) is 31.4 Å². The number of rotatable bonds is 10. The van der Waals surface area contributed by atoms with Crippen molar-refractivity contribution in [3.8, 4) is 11.5 Å². The fourth-order valence-corrected chi connectivity index (χ4v) is 2.50. The Kier molecular flexibility index (Phi) is 8.16. The van der Waals surface area contributed by atoms with E-state index < -0.39 is 0 Å². The Labute approximate surface area is 128 Å².